The van der Waals surface area contributed by atoms with Crippen molar-refractivity contribution in [2.75, 3.05) is 0 Å². The smallest absolute Gasteiger partial charge is 0.270 e. The summed E-state index contributed by atoms with van der Waals surface area (Å²) in [6.45, 7) is 7.15. The third-order valence-electron chi connectivity index (χ3n) is 2.47. The highest BCUT2D eigenvalue weighted by Gasteiger charge is 2.38. The predicted molar refractivity (Wildman–Crippen MR) is 49.5 cm³/mol. The lowest BCUT2D eigenvalue weighted by molar-refractivity contribution is 0.391. The van der Waals surface area contributed by atoms with E-state index in [-0.39, 0.29) is 0 Å². The lowest BCUT2D eigenvalue weighted by atomic mass is 9.97. The van der Waals surface area contributed by atoms with Crippen molar-refractivity contribution in [3.05, 3.63) is 6.92 Å². The van der Waals surface area contributed by atoms with E-state index in [1.165, 1.54) is 0 Å². The van der Waals surface area contributed by atoms with E-state index in [0.717, 1.165) is 0 Å². The Bertz CT molecular complexity index is 214. The molecular formula is C8H17O3S. The van der Waals surface area contributed by atoms with Gasteiger partial charge in [-0.15, -0.1) is 0 Å². The van der Waals surface area contributed by atoms with Gasteiger partial charge in [0.1, 0.15) is 0 Å². The Morgan fingerprint density at radius 3 is 1.83 bits per heavy atom. The van der Waals surface area contributed by atoms with Crippen molar-refractivity contribution in [2.24, 2.45) is 0 Å². The molecule has 0 atom stereocenters. The summed E-state index contributed by atoms with van der Waals surface area (Å²) >= 11 is 0. The molecule has 0 aliphatic carbocycles. The van der Waals surface area contributed by atoms with Crippen LogP contribution < -0.4 is 0 Å². The van der Waals surface area contributed by atoms with Crippen LogP contribution in [0.4, 0.5) is 0 Å². The maximum absolute atomic E-state index is 11.0. The first-order valence-corrected chi connectivity index (χ1v) is 5.63. The van der Waals surface area contributed by atoms with Crippen molar-refractivity contribution in [3.8, 4) is 0 Å². The molecule has 12 heavy (non-hydrogen) atoms. The Hall–Kier alpha value is -0.0900. The second-order valence-corrected chi connectivity index (χ2v) is 4.78. The summed E-state index contributed by atoms with van der Waals surface area (Å²) in [7, 11) is -3.93. The van der Waals surface area contributed by atoms with Gasteiger partial charge in [0.05, 0.1) is 4.75 Å². The Balaban J connectivity index is 4.83. The highest BCUT2D eigenvalue weighted by atomic mass is 32.2. The normalized spacial score (nSPS) is 13.3. The summed E-state index contributed by atoms with van der Waals surface area (Å²) in [5.41, 5.74) is 0. The van der Waals surface area contributed by atoms with Gasteiger partial charge in [0.25, 0.3) is 10.1 Å². The van der Waals surface area contributed by atoms with Crippen LogP contribution in [0.25, 0.3) is 0 Å². The van der Waals surface area contributed by atoms with Crippen molar-refractivity contribution >= 4 is 10.1 Å². The fourth-order valence-corrected chi connectivity index (χ4v) is 2.55. The average molecular weight is 193 g/mol. The molecule has 0 unspecified atom stereocenters. The number of rotatable bonds is 5. The molecule has 0 aromatic rings. The summed E-state index contributed by atoms with van der Waals surface area (Å²) in [6.07, 6.45) is 1.84. The Kier molecular flexibility index (Phi) is 4.20. The van der Waals surface area contributed by atoms with E-state index in [9.17, 15) is 8.42 Å². The molecule has 73 valence electrons. The maximum atomic E-state index is 11.0. The first-order valence-electron chi connectivity index (χ1n) is 4.19. The average Bonchev–Trinajstić information content (AvgIpc) is 1.98. The van der Waals surface area contributed by atoms with Gasteiger partial charge < -0.3 is 0 Å². The Morgan fingerprint density at radius 2 is 1.75 bits per heavy atom. The fraction of sp³-hybridized carbons (Fsp3) is 0.875. The molecule has 0 aromatic heterocycles. The van der Waals surface area contributed by atoms with Crippen LogP contribution in [0, 0.1) is 6.92 Å². The van der Waals surface area contributed by atoms with Gasteiger partial charge in [-0.25, -0.2) is 0 Å². The molecule has 0 aromatic carbocycles. The van der Waals surface area contributed by atoms with E-state index in [0.29, 0.717) is 25.7 Å². The molecule has 0 aliphatic heterocycles. The lowest BCUT2D eigenvalue weighted by Crippen LogP contribution is -2.36. The Labute approximate surface area is 74.9 Å². The minimum Gasteiger partial charge on any atom is -0.285 e. The van der Waals surface area contributed by atoms with Crippen molar-refractivity contribution in [2.45, 2.75) is 44.3 Å². The predicted octanol–water partition coefficient (Wildman–Crippen LogP) is 2.05. The van der Waals surface area contributed by atoms with Crippen LogP contribution in [0.15, 0.2) is 0 Å². The molecule has 0 heterocycles. The summed E-state index contributed by atoms with van der Waals surface area (Å²) < 4.78 is 30.1. The molecule has 0 saturated heterocycles. The van der Waals surface area contributed by atoms with Crippen LogP contribution in [0.1, 0.15) is 39.5 Å². The van der Waals surface area contributed by atoms with Crippen LogP contribution in [0.3, 0.4) is 0 Å². The van der Waals surface area contributed by atoms with Crippen molar-refractivity contribution in [1.82, 2.24) is 0 Å². The summed E-state index contributed by atoms with van der Waals surface area (Å²) in [5, 5.41) is 0. The maximum Gasteiger partial charge on any atom is 0.270 e. The van der Waals surface area contributed by atoms with Crippen molar-refractivity contribution in [1.29, 1.82) is 0 Å². The Morgan fingerprint density at radius 1 is 1.33 bits per heavy atom. The van der Waals surface area contributed by atoms with Gasteiger partial charge >= 0.3 is 0 Å². The minimum atomic E-state index is -3.93. The monoisotopic (exact) mass is 193 g/mol. The van der Waals surface area contributed by atoms with Crippen molar-refractivity contribution < 1.29 is 13.0 Å². The molecule has 0 saturated carbocycles. The molecule has 3 nitrogen and oxygen atoms in total. The molecular weight excluding hydrogens is 176 g/mol. The minimum absolute atomic E-state index is 0.429. The van der Waals surface area contributed by atoms with Crippen LogP contribution in [0.2, 0.25) is 0 Å². The van der Waals surface area contributed by atoms with Crippen molar-refractivity contribution in [3.63, 3.8) is 0 Å². The van der Waals surface area contributed by atoms with Crippen LogP contribution in [-0.4, -0.2) is 17.7 Å². The number of hydrogen-bond donors (Lipinski definition) is 1. The summed E-state index contributed by atoms with van der Waals surface area (Å²) in [4.78, 5) is 0. The quantitative estimate of drug-likeness (QED) is 0.680. The first-order chi connectivity index (χ1) is 5.43. The highest BCUT2D eigenvalue weighted by molar-refractivity contribution is 7.87. The van der Waals surface area contributed by atoms with E-state index in [2.05, 4.69) is 6.92 Å². The van der Waals surface area contributed by atoms with Gasteiger partial charge in [0.2, 0.25) is 0 Å². The van der Waals surface area contributed by atoms with E-state index in [1.54, 1.807) is 13.8 Å². The van der Waals surface area contributed by atoms with Gasteiger partial charge in [-0.2, -0.15) is 8.42 Å². The zero-order valence-corrected chi connectivity index (χ0v) is 8.52. The third-order valence-corrected chi connectivity index (χ3v) is 4.34. The summed E-state index contributed by atoms with van der Waals surface area (Å²) in [6, 6.07) is 0. The van der Waals surface area contributed by atoms with E-state index >= 15 is 0 Å². The highest BCUT2D eigenvalue weighted by Crippen LogP contribution is 2.29. The van der Waals surface area contributed by atoms with Gasteiger partial charge in [0.15, 0.2) is 0 Å². The second kappa shape index (κ2) is 4.23. The SMILES string of the molecule is [CH2]CCC(CC)(CC)S(=O)(=O)O. The van der Waals surface area contributed by atoms with Gasteiger partial charge in [-0.05, 0) is 19.3 Å². The van der Waals surface area contributed by atoms with Gasteiger partial charge in [-0.3, -0.25) is 4.55 Å². The second-order valence-electron chi connectivity index (χ2n) is 2.97. The largest absolute Gasteiger partial charge is 0.285 e. The van der Waals surface area contributed by atoms with Crippen LogP contribution >= 0.6 is 0 Å². The lowest BCUT2D eigenvalue weighted by Gasteiger charge is -2.27. The third kappa shape index (κ3) is 2.20. The van der Waals surface area contributed by atoms with E-state index in [4.69, 9.17) is 4.55 Å². The zero-order chi connectivity index (χ0) is 9.83. The summed E-state index contributed by atoms with van der Waals surface area (Å²) in [5.74, 6) is 0. The molecule has 0 amide bonds. The van der Waals surface area contributed by atoms with Crippen LogP contribution in [0.5, 0.6) is 0 Å². The van der Waals surface area contributed by atoms with E-state index < -0.39 is 14.9 Å². The molecule has 0 aliphatic rings. The molecule has 1 radical (unpaired) electrons. The van der Waals surface area contributed by atoms with Gasteiger partial charge in [0, 0.05) is 0 Å². The fourth-order valence-electron chi connectivity index (χ4n) is 1.42. The molecule has 0 rings (SSSR count). The first kappa shape index (κ1) is 11.9. The molecule has 1 N–H and O–H groups in total. The standard InChI is InChI=1S/C8H17O3S/c1-4-7-8(5-2,6-3)12(9,10)11/h1,4-7H2,2-3H3,(H,9,10,11). The van der Waals surface area contributed by atoms with E-state index in [1.807, 2.05) is 0 Å². The number of hydrogen-bond acceptors (Lipinski definition) is 2. The van der Waals surface area contributed by atoms with Crippen LogP contribution in [-0.2, 0) is 10.1 Å². The molecule has 4 heteroatoms. The molecule has 0 bridgehead atoms. The van der Waals surface area contributed by atoms with Gasteiger partial charge in [-0.1, -0.05) is 27.2 Å². The molecule has 0 fully saturated rings. The topological polar surface area (TPSA) is 54.4 Å². The zero-order valence-electron chi connectivity index (χ0n) is 7.71. The molecule has 0 spiro atoms.